The second-order valence-corrected chi connectivity index (χ2v) is 6.80. The van der Waals surface area contributed by atoms with Crippen LogP contribution in [0.4, 0.5) is 0 Å². The van der Waals surface area contributed by atoms with E-state index in [0.29, 0.717) is 6.04 Å². The van der Waals surface area contributed by atoms with E-state index in [1.807, 2.05) is 37.4 Å². The lowest BCUT2D eigenvalue weighted by Gasteiger charge is -2.26. The zero-order chi connectivity index (χ0) is 16.8. The van der Waals surface area contributed by atoms with Crippen LogP contribution in [0.15, 0.2) is 35.3 Å². The first-order valence-corrected chi connectivity index (χ1v) is 9.17. The van der Waals surface area contributed by atoms with Crippen molar-refractivity contribution in [3.8, 4) is 5.75 Å². The Morgan fingerprint density at radius 1 is 1.24 bits per heavy atom. The first-order valence-electron chi connectivity index (χ1n) is 9.17. The predicted molar refractivity (Wildman–Crippen MR) is 114 cm³/mol. The molecule has 5 nitrogen and oxygen atoms in total. The number of halogens is 1. The van der Waals surface area contributed by atoms with Crippen LogP contribution in [0, 0.1) is 0 Å². The maximum atomic E-state index is 5.93. The SMILES string of the molecule is CN=C(NCC(C)Oc1ccccc1)N1CCC(N2CCCC2)C1.I. The Balaban J connectivity index is 0.00000225. The number of hydrogen-bond donors (Lipinski definition) is 1. The Labute approximate surface area is 168 Å². The molecule has 0 saturated carbocycles. The van der Waals surface area contributed by atoms with E-state index in [2.05, 4.69) is 27.0 Å². The van der Waals surface area contributed by atoms with Crippen LogP contribution >= 0.6 is 24.0 Å². The lowest BCUT2D eigenvalue weighted by Crippen LogP contribution is -2.45. The van der Waals surface area contributed by atoms with E-state index in [1.54, 1.807) is 0 Å². The van der Waals surface area contributed by atoms with Gasteiger partial charge in [-0.1, -0.05) is 18.2 Å². The summed E-state index contributed by atoms with van der Waals surface area (Å²) in [5, 5.41) is 3.47. The molecule has 25 heavy (non-hydrogen) atoms. The number of benzene rings is 1. The number of rotatable bonds is 5. The van der Waals surface area contributed by atoms with Crippen molar-refractivity contribution in [2.24, 2.45) is 4.99 Å². The summed E-state index contributed by atoms with van der Waals surface area (Å²) < 4.78 is 5.93. The number of para-hydroxylation sites is 1. The van der Waals surface area contributed by atoms with Crippen LogP contribution in [0.1, 0.15) is 26.2 Å². The lowest BCUT2D eigenvalue weighted by atomic mass is 10.2. The Kier molecular flexibility index (Phi) is 8.29. The van der Waals surface area contributed by atoms with Gasteiger partial charge in [0.05, 0.1) is 6.54 Å². The minimum absolute atomic E-state index is 0. The molecule has 1 aromatic carbocycles. The Bertz CT molecular complexity index is 533. The van der Waals surface area contributed by atoms with Gasteiger partial charge >= 0.3 is 0 Å². The molecule has 2 heterocycles. The number of hydrogen-bond acceptors (Lipinski definition) is 3. The molecular formula is C19H31IN4O. The minimum Gasteiger partial charge on any atom is -0.489 e. The average Bonchev–Trinajstić information content (AvgIpc) is 3.28. The van der Waals surface area contributed by atoms with Crippen molar-refractivity contribution in [1.82, 2.24) is 15.1 Å². The molecule has 2 aliphatic rings. The maximum Gasteiger partial charge on any atom is 0.193 e. The van der Waals surface area contributed by atoms with Gasteiger partial charge in [-0.25, -0.2) is 0 Å². The van der Waals surface area contributed by atoms with E-state index < -0.39 is 0 Å². The molecular weight excluding hydrogens is 427 g/mol. The summed E-state index contributed by atoms with van der Waals surface area (Å²) >= 11 is 0. The summed E-state index contributed by atoms with van der Waals surface area (Å²) in [5.41, 5.74) is 0. The van der Waals surface area contributed by atoms with Crippen LogP contribution < -0.4 is 10.1 Å². The molecule has 3 rings (SSSR count). The largest absolute Gasteiger partial charge is 0.489 e. The molecule has 0 bridgehead atoms. The van der Waals surface area contributed by atoms with Gasteiger partial charge in [-0.2, -0.15) is 0 Å². The first kappa shape index (κ1) is 20.3. The number of nitrogens with one attached hydrogen (secondary N) is 1. The third kappa shape index (κ3) is 5.74. The van der Waals surface area contributed by atoms with Crippen molar-refractivity contribution in [1.29, 1.82) is 0 Å². The molecule has 2 atom stereocenters. The van der Waals surface area contributed by atoms with Crippen molar-refractivity contribution in [3.05, 3.63) is 30.3 Å². The monoisotopic (exact) mass is 458 g/mol. The van der Waals surface area contributed by atoms with Crippen LogP contribution in [-0.4, -0.2) is 67.7 Å². The summed E-state index contributed by atoms with van der Waals surface area (Å²) in [6.07, 6.45) is 4.06. The molecule has 6 heteroatoms. The number of nitrogens with zero attached hydrogens (tertiary/aromatic N) is 3. The molecule has 1 N–H and O–H groups in total. The summed E-state index contributed by atoms with van der Waals surface area (Å²) in [7, 11) is 1.87. The van der Waals surface area contributed by atoms with Gasteiger partial charge in [0.2, 0.25) is 0 Å². The zero-order valence-corrected chi connectivity index (χ0v) is 17.7. The van der Waals surface area contributed by atoms with Crippen molar-refractivity contribution in [3.63, 3.8) is 0 Å². The molecule has 2 fully saturated rings. The fourth-order valence-electron chi connectivity index (χ4n) is 3.68. The first-order chi connectivity index (χ1) is 11.8. The summed E-state index contributed by atoms with van der Waals surface area (Å²) in [4.78, 5) is 9.50. The Morgan fingerprint density at radius 3 is 2.64 bits per heavy atom. The highest BCUT2D eigenvalue weighted by Gasteiger charge is 2.30. The molecule has 0 spiro atoms. The van der Waals surface area contributed by atoms with Gasteiger partial charge in [0.15, 0.2) is 5.96 Å². The molecule has 2 aliphatic heterocycles. The average molecular weight is 458 g/mol. The highest BCUT2D eigenvalue weighted by Crippen LogP contribution is 2.20. The van der Waals surface area contributed by atoms with E-state index in [-0.39, 0.29) is 30.1 Å². The van der Waals surface area contributed by atoms with Crippen LogP contribution in [-0.2, 0) is 0 Å². The van der Waals surface area contributed by atoms with Gasteiger partial charge in [-0.3, -0.25) is 9.89 Å². The zero-order valence-electron chi connectivity index (χ0n) is 15.4. The molecule has 1 aromatic rings. The number of ether oxygens (including phenoxy) is 1. The summed E-state index contributed by atoms with van der Waals surface area (Å²) in [6.45, 7) is 7.57. The molecule has 2 unspecified atom stereocenters. The highest BCUT2D eigenvalue weighted by atomic mass is 127. The Hall–Kier alpha value is -1.02. The second kappa shape index (κ2) is 10.2. The predicted octanol–water partition coefficient (Wildman–Crippen LogP) is 2.82. The number of likely N-dealkylation sites (tertiary alicyclic amines) is 2. The summed E-state index contributed by atoms with van der Waals surface area (Å²) in [6, 6.07) is 10.7. The third-order valence-electron chi connectivity index (χ3n) is 4.96. The van der Waals surface area contributed by atoms with Crippen LogP contribution in [0.5, 0.6) is 5.75 Å². The highest BCUT2D eigenvalue weighted by molar-refractivity contribution is 14.0. The van der Waals surface area contributed by atoms with Crippen LogP contribution in [0.3, 0.4) is 0 Å². The van der Waals surface area contributed by atoms with Crippen molar-refractivity contribution in [2.75, 3.05) is 39.8 Å². The standard InChI is InChI=1S/C19H30N4O.HI/c1-16(24-18-8-4-3-5-9-18)14-21-19(20-2)23-13-10-17(15-23)22-11-6-7-12-22;/h3-5,8-9,16-17H,6-7,10-15H2,1-2H3,(H,20,21);1H. The smallest absolute Gasteiger partial charge is 0.193 e. The normalized spacial score (nSPS) is 22.6. The quantitative estimate of drug-likeness (QED) is 0.419. The van der Waals surface area contributed by atoms with Crippen LogP contribution in [0.2, 0.25) is 0 Å². The van der Waals surface area contributed by atoms with Gasteiger partial charge in [0.25, 0.3) is 0 Å². The molecule has 0 aromatic heterocycles. The molecule has 140 valence electrons. The second-order valence-electron chi connectivity index (χ2n) is 6.80. The van der Waals surface area contributed by atoms with Gasteiger partial charge in [-0.05, 0) is 51.4 Å². The molecule has 2 saturated heterocycles. The van der Waals surface area contributed by atoms with Crippen molar-refractivity contribution < 1.29 is 4.74 Å². The fraction of sp³-hybridized carbons (Fsp3) is 0.632. The van der Waals surface area contributed by atoms with Crippen molar-refractivity contribution in [2.45, 2.75) is 38.3 Å². The lowest BCUT2D eigenvalue weighted by molar-refractivity contribution is 0.221. The number of guanidine groups is 1. The molecule has 0 radical (unpaired) electrons. The molecule has 0 aliphatic carbocycles. The number of aliphatic imine (C=N–C) groups is 1. The van der Waals surface area contributed by atoms with Crippen molar-refractivity contribution >= 4 is 29.9 Å². The van der Waals surface area contributed by atoms with Gasteiger partial charge in [0, 0.05) is 26.2 Å². The van der Waals surface area contributed by atoms with E-state index in [0.717, 1.165) is 31.3 Å². The third-order valence-corrected chi connectivity index (χ3v) is 4.96. The maximum absolute atomic E-state index is 5.93. The van der Waals surface area contributed by atoms with E-state index in [1.165, 1.54) is 32.4 Å². The van der Waals surface area contributed by atoms with Gasteiger partial charge < -0.3 is 15.0 Å². The minimum atomic E-state index is 0. The topological polar surface area (TPSA) is 40.1 Å². The van der Waals surface area contributed by atoms with Gasteiger partial charge in [-0.15, -0.1) is 24.0 Å². The fourth-order valence-corrected chi connectivity index (χ4v) is 3.68. The van der Waals surface area contributed by atoms with E-state index in [4.69, 9.17) is 4.74 Å². The molecule has 0 amide bonds. The summed E-state index contributed by atoms with van der Waals surface area (Å²) in [5.74, 6) is 1.91. The van der Waals surface area contributed by atoms with Gasteiger partial charge in [0.1, 0.15) is 11.9 Å². The van der Waals surface area contributed by atoms with Crippen LogP contribution in [0.25, 0.3) is 0 Å². The Morgan fingerprint density at radius 2 is 1.96 bits per heavy atom. The van der Waals surface area contributed by atoms with E-state index in [9.17, 15) is 0 Å². The van der Waals surface area contributed by atoms with E-state index >= 15 is 0 Å².